The van der Waals surface area contributed by atoms with E-state index in [4.69, 9.17) is 9.05 Å². The lowest BCUT2D eigenvalue weighted by Gasteiger charge is -2.19. The number of hydrogen-bond acceptors (Lipinski definition) is 2. The molecule has 0 N–H and O–H groups in total. The fourth-order valence-electron chi connectivity index (χ4n) is 1.32. The lowest BCUT2D eigenvalue weighted by Crippen LogP contribution is -2.10. The normalized spacial score (nSPS) is 11.7. The van der Waals surface area contributed by atoms with Crippen molar-refractivity contribution in [3.05, 3.63) is 35.9 Å². The van der Waals surface area contributed by atoms with E-state index in [9.17, 15) is 0 Å². The van der Waals surface area contributed by atoms with E-state index in [1.807, 2.05) is 6.07 Å². The van der Waals surface area contributed by atoms with E-state index in [0.29, 0.717) is 19.1 Å². The fourth-order valence-corrected chi connectivity index (χ4v) is 3.05. The summed E-state index contributed by atoms with van der Waals surface area (Å²) in [4.78, 5) is 0. The predicted molar refractivity (Wildman–Crippen MR) is 93.8 cm³/mol. The molecule has 2 nitrogen and oxygen atoms in total. The maximum Gasteiger partial charge on any atom is 0.0639 e. The Hall–Kier alpha value is 1.72. The van der Waals surface area contributed by atoms with Crippen LogP contribution >= 0.6 is 50.8 Å². The summed E-state index contributed by atoms with van der Waals surface area (Å²) >= 11 is 0. The van der Waals surface area contributed by atoms with Crippen LogP contribution in [0.15, 0.2) is 30.3 Å². The molecule has 0 saturated carbocycles. The third-order valence-electron chi connectivity index (χ3n) is 2.12. The van der Waals surface area contributed by atoms with Crippen molar-refractivity contribution in [2.45, 2.75) is 5.92 Å². The van der Waals surface area contributed by atoms with Crippen LogP contribution in [0.2, 0.25) is 0 Å². The molecule has 17 heavy (non-hydrogen) atoms. The van der Waals surface area contributed by atoms with Crippen molar-refractivity contribution in [2.24, 2.45) is 0 Å². The van der Waals surface area contributed by atoms with Crippen LogP contribution in [-0.2, 0) is 9.05 Å². The molecule has 0 aliphatic carbocycles. The molecule has 8 heteroatoms. The van der Waals surface area contributed by atoms with Gasteiger partial charge in [0.05, 0.1) is 28.3 Å². The summed E-state index contributed by atoms with van der Waals surface area (Å²) in [6, 6.07) is 10.4. The molecule has 4 atom stereocenters. The zero-order chi connectivity index (χ0) is 12.7. The summed E-state index contributed by atoms with van der Waals surface area (Å²) in [7, 11) is 9.75. The zero-order valence-corrected chi connectivity index (χ0v) is 15.8. The first-order chi connectivity index (χ1) is 8.09. The molecule has 1 aromatic rings. The molecule has 0 spiro atoms. The minimum atomic E-state index is -0.477. The predicted octanol–water partition coefficient (Wildman–Crippen LogP) is 4.76. The minimum Gasteiger partial charge on any atom is -0.351 e. The molecule has 0 saturated heterocycles. The first-order valence-corrected chi connectivity index (χ1v) is 14.0. The van der Waals surface area contributed by atoms with E-state index in [1.54, 1.807) is 0 Å². The van der Waals surface area contributed by atoms with Crippen molar-refractivity contribution in [3.63, 3.8) is 0 Å². The average Bonchev–Trinajstić information content (AvgIpc) is 2.29. The Kier molecular flexibility index (Phi) is 9.47. The highest BCUT2D eigenvalue weighted by Crippen LogP contribution is 2.55. The first-order valence-electron chi connectivity index (χ1n) is 4.99. The van der Waals surface area contributed by atoms with Crippen LogP contribution in [0.1, 0.15) is 11.5 Å². The van der Waals surface area contributed by atoms with Crippen LogP contribution in [0, 0.1) is 0 Å². The molecule has 0 aliphatic rings. The van der Waals surface area contributed by atoms with Gasteiger partial charge in [-0.05, 0) is 5.56 Å². The highest BCUT2D eigenvalue weighted by atomic mass is 32.4. The molecule has 1 rings (SSSR count). The van der Waals surface area contributed by atoms with Gasteiger partial charge >= 0.3 is 0 Å². The molecule has 4 unspecified atom stereocenters. The Balaban J connectivity index is 2.58. The van der Waals surface area contributed by atoms with Gasteiger partial charge in [-0.3, -0.25) is 0 Å². The molecule has 96 valence electrons. The maximum atomic E-state index is 5.70. The van der Waals surface area contributed by atoms with Gasteiger partial charge in [-0.25, -0.2) is 0 Å². The van der Waals surface area contributed by atoms with Crippen molar-refractivity contribution >= 4 is 50.8 Å². The van der Waals surface area contributed by atoms with Gasteiger partial charge in [0.2, 0.25) is 0 Å². The van der Waals surface area contributed by atoms with E-state index in [1.165, 1.54) is 5.56 Å². The Bertz CT molecular complexity index is 296. The molecular formula is C9H18O2P6. The quantitative estimate of drug-likeness (QED) is 0.664. The van der Waals surface area contributed by atoms with Crippen LogP contribution in [0.25, 0.3) is 0 Å². The van der Waals surface area contributed by atoms with Crippen LogP contribution < -0.4 is 0 Å². The van der Waals surface area contributed by atoms with Gasteiger partial charge < -0.3 is 9.05 Å². The number of rotatable bonds is 7. The molecule has 0 aromatic heterocycles. The Morgan fingerprint density at radius 2 is 1.35 bits per heavy atom. The minimum absolute atomic E-state index is 0.299. The van der Waals surface area contributed by atoms with E-state index in [0.717, 1.165) is 0 Å². The Labute approximate surface area is 115 Å². The zero-order valence-electron chi connectivity index (χ0n) is 9.40. The first kappa shape index (κ1) is 16.8. The Morgan fingerprint density at radius 3 is 1.76 bits per heavy atom. The lowest BCUT2D eigenvalue weighted by atomic mass is 10.0. The van der Waals surface area contributed by atoms with Crippen LogP contribution in [0.3, 0.4) is 0 Å². The summed E-state index contributed by atoms with van der Waals surface area (Å²) in [6.07, 6.45) is 0. The van der Waals surface area contributed by atoms with Gasteiger partial charge in [-0.2, -0.15) is 0 Å². The lowest BCUT2D eigenvalue weighted by molar-refractivity contribution is 0.255. The second-order valence-electron chi connectivity index (χ2n) is 3.42. The second kappa shape index (κ2) is 9.60. The maximum absolute atomic E-state index is 5.70. The summed E-state index contributed by atoms with van der Waals surface area (Å²) < 4.78 is 11.4. The molecule has 0 amide bonds. The second-order valence-corrected chi connectivity index (χ2v) is 15.1. The molecule has 0 fully saturated rings. The largest absolute Gasteiger partial charge is 0.351 e. The molecule has 0 heterocycles. The SMILES string of the molecule is PP(P)OCC(COP(P)P)c1ccccc1. The van der Waals surface area contributed by atoms with Gasteiger partial charge in [-0.15, -0.1) is 0 Å². The van der Waals surface area contributed by atoms with Crippen LogP contribution in [0.5, 0.6) is 0 Å². The van der Waals surface area contributed by atoms with Gasteiger partial charge in [0, 0.05) is 5.92 Å². The Morgan fingerprint density at radius 1 is 0.882 bits per heavy atom. The topological polar surface area (TPSA) is 18.5 Å². The third-order valence-corrected chi connectivity index (χ3v) is 4.80. The van der Waals surface area contributed by atoms with Crippen LogP contribution in [-0.4, -0.2) is 13.2 Å². The van der Waals surface area contributed by atoms with Crippen LogP contribution in [0.4, 0.5) is 0 Å². The van der Waals surface area contributed by atoms with Gasteiger partial charge in [0.15, 0.2) is 0 Å². The standard InChI is InChI=1S/C9H18O2P6/c12-16(13)10-6-9(7-11-17(14)15)8-4-2-1-3-5-8/h1-5,9H,6-7,12-15H2. The summed E-state index contributed by atoms with van der Waals surface area (Å²) in [5.41, 5.74) is 1.27. The molecule has 0 bridgehead atoms. The molecular weight excluding hydrogens is 326 g/mol. The summed E-state index contributed by atoms with van der Waals surface area (Å²) in [5.74, 6) is 0.299. The number of hydrogen-bond donors (Lipinski definition) is 0. The monoisotopic (exact) mass is 344 g/mol. The van der Waals surface area contributed by atoms with E-state index >= 15 is 0 Å². The van der Waals surface area contributed by atoms with E-state index < -0.39 is 15.1 Å². The van der Waals surface area contributed by atoms with E-state index in [2.05, 4.69) is 60.0 Å². The highest BCUT2D eigenvalue weighted by molar-refractivity contribution is 8.41. The summed E-state index contributed by atoms with van der Waals surface area (Å²) in [6.45, 7) is 1.39. The van der Waals surface area contributed by atoms with Gasteiger partial charge in [-0.1, -0.05) is 66.0 Å². The summed E-state index contributed by atoms with van der Waals surface area (Å²) in [5, 5.41) is 0. The van der Waals surface area contributed by atoms with Crippen molar-refractivity contribution in [1.82, 2.24) is 0 Å². The van der Waals surface area contributed by atoms with Crippen molar-refractivity contribution in [3.8, 4) is 0 Å². The third kappa shape index (κ3) is 7.78. The number of benzene rings is 1. The average molecular weight is 344 g/mol. The van der Waals surface area contributed by atoms with Crippen molar-refractivity contribution in [1.29, 1.82) is 0 Å². The molecule has 0 radical (unpaired) electrons. The van der Waals surface area contributed by atoms with E-state index in [-0.39, 0.29) is 0 Å². The molecule has 0 aliphatic heterocycles. The van der Waals surface area contributed by atoms with Crippen molar-refractivity contribution < 1.29 is 9.05 Å². The smallest absolute Gasteiger partial charge is 0.0639 e. The van der Waals surface area contributed by atoms with Gasteiger partial charge in [0.25, 0.3) is 0 Å². The molecule has 1 aromatic carbocycles. The van der Waals surface area contributed by atoms with Gasteiger partial charge in [0.1, 0.15) is 0 Å². The fraction of sp³-hybridized carbons (Fsp3) is 0.333. The highest BCUT2D eigenvalue weighted by Gasteiger charge is 2.13. The van der Waals surface area contributed by atoms with Crippen molar-refractivity contribution in [2.75, 3.05) is 13.2 Å².